The molecule has 19 heavy (non-hydrogen) atoms. The summed E-state index contributed by atoms with van der Waals surface area (Å²) < 4.78 is 18.1. The number of nitrogens with one attached hydrogen (secondary N) is 2. The third kappa shape index (κ3) is 5.78. The van der Waals surface area contributed by atoms with E-state index < -0.39 is 11.9 Å². The summed E-state index contributed by atoms with van der Waals surface area (Å²) >= 11 is 0. The van der Waals surface area contributed by atoms with Crippen LogP contribution in [0.15, 0.2) is 24.3 Å². The number of methoxy groups -OCH3 is 1. The number of halogens is 1. The standard InChI is InChI=1S/C13H19FN2O3/c1-19-7-6-16-13(18)9-15-8-12(17)10-4-2-3-5-11(10)14/h2-5,12,15,17H,6-9H2,1H3,(H,16,18). The van der Waals surface area contributed by atoms with Crippen molar-refractivity contribution in [3.8, 4) is 0 Å². The van der Waals surface area contributed by atoms with Crippen molar-refractivity contribution < 1.29 is 19.0 Å². The van der Waals surface area contributed by atoms with E-state index in [-0.39, 0.29) is 24.6 Å². The molecule has 5 nitrogen and oxygen atoms in total. The first-order valence-corrected chi connectivity index (χ1v) is 6.04. The maximum atomic E-state index is 13.4. The Balaban J connectivity index is 2.26. The van der Waals surface area contributed by atoms with Crippen LogP contribution in [-0.2, 0) is 9.53 Å². The molecule has 0 saturated heterocycles. The zero-order valence-electron chi connectivity index (χ0n) is 10.9. The van der Waals surface area contributed by atoms with Gasteiger partial charge in [0.25, 0.3) is 0 Å². The third-order valence-corrected chi connectivity index (χ3v) is 2.52. The Morgan fingerprint density at radius 1 is 1.47 bits per heavy atom. The molecule has 0 aliphatic rings. The van der Waals surface area contributed by atoms with Crippen LogP contribution >= 0.6 is 0 Å². The van der Waals surface area contributed by atoms with Crippen molar-refractivity contribution >= 4 is 5.91 Å². The highest BCUT2D eigenvalue weighted by atomic mass is 19.1. The molecule has 1 unspecified atom stereocenters. The Bertz CT molecular complexity index is 401. The van der Waals surface area contributed by atoms with E-state index in [1.165, 1.54) is 12.1 Å². The average molecular weight is 270 g/mol. The second-order valence-corrected chi connectivity index (χ2v) is 4.01. The van der Waals surface area contributed by atoms with Gasteiger partial charge in [0.2, 0.25) is 5.91 Å². The zero-order valence-corrected chi connectivity index (χ0v) is 10.9. The Labute approximate surface area is 111 Å². The van der Waals surface area contributed by atoms with Gasteiger partial charge in [-0.15, -0.1) is 0 Å². The maximum absolute atomic E-state index is 13.4. The van der Waals surface area contributed by atoms with Crippen LogP contribution in [0.2, 0.25) is 0 Å². The molecule has 0 aliphatic heterocycles. The largest absolute Gasteiger partial charge is 0.387 e. The van der Waals surface area contributed by atoms with Crippen LogP contribution in [0.5, 0.6) is 0 Å². The van der Waals surface area contributed by atoms with E-state index in [1.807, 2.05) is 0 Å². The van der Waals surface area contributed by atoms with Gasteiger partial charge in [-0.3, -0.25) is 4.79 Å². The van der Waals surface area contributed by atoms with Crippen LogP contribution in [0.3, 0.4) is 0 Å². The van der Waals surface area contributed by atoms with Gasteiger partial charge in [-0.25, -0.2) is 4.39 Å². The molecule has 106 valence electrons. The number of benzene rings is 1. The molecule has 1 atom stereocenters. The van der Waals surface area contributed by atoms with E-state index in [0.29, 0.717) is 13.2 Å². The molecule has 0 bridgehead atoms. The zero-order chi connectivity index (χ0) is 14.1. The number of hydrogen-bond donors (Lipinski definition) is 3. The highest BCUT2D eigenvalue weighted by molar-refractivity contribution is 5.77. The van der Waals surface area contributed by atoms with Crippen molar-refractivity contribution in [2.75, 3.05) is 33.4 Å². The molecule has 0 aliphatic carbocycles. The maximum Gasteiger partial charge on any atom is 0.234 e. The van der Waals surface area contributed by atoms with Crippen LogP contribution in [-0.4, -0.2) is 44.4 Å². The summed E-state index contributed by atoms with van der Waals surface area (Å²) in [5, 5.41) is 15.2. The highest BCUT2D eigenvalue weighted by Crippen LogP contribution is 2.15. The van der Waals surface area contributed by atoms with Gasteiger partial charge in [0.05, 0.1) is 19.3 Å². The summed E-state index contributed by atoms with van der Waals surface area (Å²) in [6.07, 6.45) is -0.979. The van der Waals surface area contributed by atoms with Gasteiger partial charge in [0.1, 0.15) is 5.82 Å². The molecule has 3 N–H and O–H groups in total. The predicted octanol–water partition coefficient (Wildman–Crippen LogP) is 0.211. The number of hydrogen-bond acceptors (Lipinski definition) is 4. The van der Waals surface area contributed by atoms with Gasteiger partial charge in [-0.2, -0.15) is 0 Å². The molecule has 1 aromatic rings. The monoisotopic (exact) mass is 270 g/mol. The third-order valence-electron chi connectivity index (χ3n) is 2.52. The van der Waals surface area contributed by atoms with Gasteiger partial charge in [0.15, 0.2) is 0 Å². The van der Waals surface area contributed by atoms with E-state index in [9.17, 15) is 14.3 Å². The molecule has 0 saturated carbocycles. The summed E-state index contributed by atoms with van der Waals surface area (Å²) in [4.78, 5) is 11.3. The topological polar surface area (TPSA) is 70.6 Å². The molecule has 1 amide bonds. The molecule has 6 heteroatoms. The van der Waals surface area contributed by atoms with Crippen molar-refractivity contribution in [3.05, 3.63) is 35.6 Å². The van der Waals surface area contributed by atoms with Gasteiger partial charge in [-0.05, 0) is 6.07 Å². The predicted molar refractivity (Wildman–Crippen MR) is 69.1 cm³/mol. The quantitative estimate of drug-likeness (QED) is 0.591. The fraction of sp³-hybridized carbons (Fsp3) is 0.462. The van der Waals surface area contributed by atoms with Gasteiger partial charge in [0, 0.05) is 25.8 Å². The number of aliphatic hydroxyl groups is 1. The minimum atomic E-state index is -0.979. The number of ether oxygens (including phenoxy) is 1. The highest BCUT2D eigenvalue weighted by Gasteiger charge is 2.12. The molecule has 0 fully saturated rings. The van der Waals surface area contributed by atoms with Crippen LogP contribution in [0.1, 0.15) is 11.7 Å². The molecular formula is C13H19FN2O3. The van der Waals surface area contributed by atoms with Crippen molar-refractivity contribution in [1.82, 2.24) is 10.6 Å². The summed E-state index contributed by atoms with van der Waals surface area (Å²) in [6.45, 7) is 1.06. The Hall–Kier alpha value is -1.50. The Morgan fingerprint density at radius 3 is 2.89 bits per heavy atom. The lowest BCUT2D eigenvalue weighted by Crippen LogP contribution is -2.37. The average Bonchev–Trinajstić information content (AvgIpc) is 2.39. The van der Waals surface area contributed by atoms with Crippen LogP contribution in [0.4, 0.5) is 4.39 Å². The molecule has 0 aromatic heterocycles. The number of aliphatic hydroxyl groups excluding tert-OH is 1. The summed E-state index contributed by atoms with van der Waals surface area (Å²) in [5.74, 6) is -0.654. The first-order chi connectivity index (χ1) is 9.15. The van der Waals surface area contributed by atoms with Crippen LogP contribution in [0.25, 0.3) is 0 Å². The van der Waals surface area contributed by atoms with Crippen molar-refractivity contribution in [2.45, 2.75) is 6.10 Å². The number of carbonyl (C=O) groups excluding carboxylic acids is 1. The normalized spacial score (nSPS) is 12.2. The number of amides is 1. The van der Waals surface area contributed by atoms with Crippen LogP contribution < -0.4 is 10.6 Å². The molecule has 1 aromatic carbocycles. The SMILES string of the molecule is COCCNC(=O)CNCC(O)c1ccccc1F. The van der Waals surface area contributed by atoms with E-state index in [1.54, 1.807) is 19.2 Å². The van der Waals surface area contributed by atoms with Crippen LogP contribution in [0, 0.1) is 5.82 Å². The molecule has 0 radical (unpaired) electrons. The summed E-state index contributed by atoms with van der Waals surface area (Å²) in [7, 11) is 1.55. The second-order valence-electron chi connectivity index (χ2n) is 4.01. The fourth-order valence-electron chi connectivity index (χ4n) is 1.53. The second kappa shape index (κ2) is 8.58. The van der Waals surface area contributed by atoms with Crippen molar-refractivity contribution in [3.63, 3.8) is 0 Å². The minimum absolute atomic E-state index is 0.0647. The lowest BCUT2D eigenvalue weighted by molar-refractivity contribution is -0.120. The first-order valence-electron chi connectivity index (χ1n) is 6.04. The van der Waals surface area contributed by atoms with Crippen molar-refractivity contribution in [2.24, 2.45) is 0 Å². The summed E-state index contributed by atoms with van der Waals surface area (Å²) in [5.41, 5.74) is 0.217. The van der Waals surface area contributed by atoms with Gasteiger partial charge < -0.3 is 20.5 Å². The fourth-order valence-corrected chi connectivity index (χ4v) is 1.53. The van der Waals surface area contributed by atoms with Crippen molar-refractivity contribution in [1.29, 1.82) is 0 Å². The van der Waals surface area contributed by atoms with E-state index in [2.05, 4.69) is 10.6 Å². The van der Waals surface area contributed by atoms with E-state index in [0.717, 1.165) is 0 Å². The van der Waals surface area contributed by atoms with E-state index in [4.69, 9.17) is 4.74 Å². The van der Waals surface area contributed by atoms with E-state index >= 15 is 0 Å². The molecule has 1 rings (SSSR count). The lowest BCUT2D eigenvalue weighted by Gasteiger charge is -2.12. The lowest BCUT2D eigenvalue weighted by atomic mass is 10.1. The summed E-state index contributed by atoms with van der Waals surface area (Å²) in [6, 6.07) is 6.01. The Morgan fingerprint density at radius 2 is 2.21 bits per heavy atom. The van der Waals surface area contributed by atoms with Gasteiger partial charge >= 0.3 is 0 Å². The number of carbonyl (C=O) groups is 1. The molecule has 0 heterocycles. The minimum Gasteiger partial charge on any atom is -0.387 e. The molecule has 0 spiro atoms. The van der Waals surface area contributed by atoms with Gasteiger partial charge in [-0.1, -0.05) is 18.2 Å². The number of rotatable bonds is 8. The smallest absolute Gasteiger partial charge is 0.234 e. The first kappa shape index (κ1) is 15.6. The molecular weight excluding hydrogens is 251 g/mol. The Kier molecular flexibility index (Phi) is 7.02.